The van der Waals surface area contributed by atoms with Crippen LogP contribution in [0.3, 0.4) is 0 Å². The Morgan fingerprint density at radius 3 is 2.29 bits per heavy atom. The second kappa shape index (κ2) is 8.12. The molecule has 0 aliphatic heterocycles. The summed E-state index contributed by atoms with van der Waals surface area (Å²) >= 11 is 6.05. The van der Waals surface area contributed by atoms with Crippen molar-refractivity contribution < 1.29 is 8.42 Å². The van der Waals surface area contributed by atoms with Gasteiger partial charge in [0.2, 0.25) is 10.0 Å². The fraction of sp³-hybridized carbons (Fsp3) is 0.333. The molecule has 6 heteroatoms. The van der Waals surface area contributed by atoms with Gasteiger partial charge in [0.25, 0.3) is 0 Å². The first-order chi connectivity index (χ1) is 11.3. The number of nitrogens with zero attached hydrogens (tertiary/aromatic N) is 1. The Balaban J connectivity index is 2.08. The topological polar surface area (TPSA) is 49.4 Å². The molecule has 1 N–H and O–H groups in total. The smallest absolute Gasteiger partial charge is 0.215 e. The van der Waals surface area contributed by atoms with Gasteiger partial charge < -0.3 is 4.90 Å². The zero-order valence-electron chi connectivity index (χ0n) is 14.2. The maximum Gasteiger partial charge on any atom is 0.215 e. The first kappa shape index (κ1) is 18.9. The third kappa shape index (κ3) is 5.31. The van der Waals surface area contributed by atoms with Crippen molar-refractivity contribution >= 4 is 21.6 Å². The van der Waals surface area contributed by atoms with Gasteiger partial charge in [0.15, 0.2) is 0 Å². The number of rotatable bonds is 7. The highest BCUT2D eigenvalue weighted by Crippen LogP contribution is 2.20. The van der Waals surface area contributed by atoms with E-state index < -0.39 is 10.0 Å². The summed E-state index contributed by atoms with van der Waals surface area (Å²) in [5, 5.41) is 0.463. The molecule has 2 rings (SSSR count). The lowest BCUT2D eigenvalue weighted by molar-refractivity contribution is 0.299. The van der Waals surface area contributed by atoms with Crippen molar-refractivity contribution in [2.75, 3.05) is 20.6 Å². The number of sulfonamides is 1. The molecule has 24 heavy (non-hydrogen) atoms. The van der Waals surface area contributed by atoms with Crippen LogP contribution in [-0.4, -0.2) is 34.0 Å². The average Bonchev–Trinajstić information content (AvgIpc) is 2.51. The third-order valence-corrected chi connectivity index (χ3v) is 5.55. The minimum absolute atomic E-state index is 0.0355. The predicted molar refractivity (Wildman–Crippen MR) is 99.7 cm³/mol. The summed E-state index contributed by atoms with van der Waals surface area (Å²) in [5.74, 6) is -0.124. The van der Waals surface area contributed by atoms with E-state index >= 15 is 0 Å². The van der Waals surface area contributed by atoms with E-state index in [2.05, 4.69) is 4.72 Å². The molecule has 1 unspecified atom stereocenters. The fourth-order valence-corrected chi connectivity index (χ4v) is 3.92. The normalized spacial score (nSPS) is 13.2. The summed E-state index contributed by atoms with van der Waals surface area (Å²) in [7, 11) is 0.412. The van der Waals surface area contributed by atoms with Crippen LogP contribution in [0.5, 0.6) is 0 Å². The van der Waals surface area contributed by atoms with Crippen molar-refractivity contribution in [2.24, 2.45) is 0 Å². The molecule has 0 amide bonds. The number of aryl methyl sites for hydroxylation is 1. The predicted octanol–water partition coefficient (Wildman–Crippen LogP) is 3.37. The summed E-state index contributed by atoms with van der Waals surface area (Å²) in [6, 6.07) is 15.1. The van der Waals surface area contributed by atoms with Gasteiger partial charge in [-0.3, -0.25) is 0 Å². The van der Waals surface area contributed by atoms with E-state index in [4.69, 9.17) is 11.6 Å². The van der Waals surface area contributed by atoms with E-state index in [0.717, 1.165) is 5.56 Å². The van der Waals surface area contributed by atoms with Gasteiger partial charge in [-0.15, -0.1) is 0 Å². The highest BCUT2D eigenvalue weighted by atomic mass is 35.5. The summed E-state index contributed by atoms with van der Waals surface area (Å²) in [4.78, 5) is 2.00. The van der Waals surface area contributed by atoms with Gasteiger partial charge >= 0.3 is 0 Å². The third-order valence-electron chi connectivity index (χ3n) is 3.89. The van der Waals surface area contributed by atoms with Gasteiger partial charge in [-0.1, -0.05) is 59.6 Å². The van der Waals surface area contributed by atoms with Crippen LogP contribution in [0.25, 0.3) is 0 Å². The first-order valence-electron chi connectivity index (χ1n) is 7.72. The largest absolute Gasteiger partial charge is 0.301 e. The van der Waals surface area contributed by atoms with E-state index in [9.17, 15) is 8.42 Å². The van der Waals surface area contributed by atoms with Gasteiger partial charge in [-0.2, -0.15) is 0 Å². The Kier molecular flexibility index (Phi) is 6.40. The first-order valence-corrected chi connectivity index (χ1v) is 9.75. The molecule has 2 aromatic rings. The Morgan fingerprint density at radius 1 is 1.08 bits per heavy atom. The van der Waals surface area contributed by atoms with Gasteiger partial charge in [0.05, 0.1) is 5.75 Å². The zero-order chi connectivity index (χ0) is 17.7. The molecule has 0 bridgehead atoms. The molecule has 0 saturated heterocycles. The Morgan fingerprint density at radius 2 is 1.71 bits per heavy atom. The van der Waals surface area contributed by atoms with Crippen molar-refractivity contribution in [1.29, 1.82) is 0 Å². The lowest BCUT2D eigenvalue weighted by atomic mass is 10.0. The van der Waals surface area contributed by atoms with Gasteiger partial charge in [-0.05, 0) is 38.2 Å². The molecule has 0 aromatic heterocycles. The second-order valence-electron chi connectivity index (χ2n) is 6.09. The number of benzene rings is 2. The Bertz CT molecular complexity index is 774. The molecule has 0 saturated carbocycles. The average molecular weight is 367 g/mol. The quantitative estimate of drug-likeness (QED) is 0.817. The molecule has 0 aliphatic rings. The Labute approximate surface area is 149 Å². The molecule has 0 radical (unpaired) electrons. The van der Waals surface area contributed by atoms with Crippen molar-refractivity contribution in [3.63, 3.8) is 0 Å². The van der Waals surface area contributed by atoms with Crippen LogP contribution in [0, 0.1) is 6.92 Å². The molecule has 4 nitrogen and oxygen atoms in total. The van der Waals surface area contributed by atoms with Crippen LogP contribution in [0.2, 0.25) is 5.02 Å². The SMILES string of the molecule is Cc1ccc(C(CNS(=O)(=O)Cc2ccccc2Cl)N(C)C)cc1. The zero-order valence-corrected chi connectivity index (χ0v) is 15.7. The Hall–Kier alpha value is -1.40. The number of halogens is 1. The van der Waals surface area contributed by atoms with Crippen molar-refractivity contribution in [3.8, 4) is 0 Å². The van der Waals surface area contributed by atoms with Crippen LogP contribution in [0.4, 0.5) is 0 Å². The highest BCUT2D eigenvalue weighted by Gasteiger charge is 2.19. The molecule has 130 valence electrons. The van der Waals surface area contributed by atoms with Crippen LogP contribution in [0.1, 0.15) is 22.7 Å². The van der Waals surface area contributed by atoms with E-state index in [1.807, 2.05) is 50.2 Å². The lowest BCUT2D eigenvalue weighted by Crippen LogP contribution is -2.35. The molecule has 0 aliphatic carbocycles. The lowest BCUT2D eigenvalue weighted by Gasteiger charge is -2.25. The summed E-state index contributed by atoms with van der Waals surface area (Å²) in [6.45, 7) is 2.34. The van der Waals surface area contributed by atoms with Crippen LogP contribution < -0.4 is 4.72 Å². The molecular weight excluding hydrogens is 344 g/mol. The second-order valence-corrected chi connectivity index (χ2v) is 8.30. The van der Waals surface area contributed by atoms with Crippen LogP contribution >= 0.6 is 11.6 Å². The standard InChI is InChI=1S/C18H23ClN2O2S/c1-14-8-10-15(11-9-14)18(21(2)3)12-20-24(22,23)13-16-6-4-5-7-17(16)19/h4-11,18,20H,12-13H2,1-3H3. The number of likely N-dealkylation sites (N-methyl/N-ethyl adjacent to an activating group) is 1. The number of hydrogen-bond acceptors (Lipinski definition) is 3. The molecule has 0 fully saturated rings. The molecule has 0 spiro atoms. The maximum absolute atomic E-state index is 12.4. The minimum Gasteiger partial charge on any atom is -0.301 e. The molecular formula is C18H23ClN2O2S. The van der Waals surface area contributed by atoms with Gasteiger partial charge in [-0.25, -0.2) is 13.1 Å². The van der Waals surface area contributed by atoms with Crippen molar-refractivity contribution in [1.82, 2.24) is 9.62 Å². The van der Waals surface area contributed by atoms with Crippen LogP contribution in [-0.2, 0) is 15.8 Å². The highest BCUT2D eigenvalue weighted by molar-refractivity contribution is 7.88. The summed E-state index contributed by atoms with van der Waals surface area (Å²) in [6.07, 6.45) is 0. The maximum atomic E-state index is 12.4. The molecule has 0 heterocycles. The molecule has 1 atom stereocenters. The fourth-order valence-electron chi connectivity index (χ4n) is 2.46. The van der Waals surface area contributed by atoms with Gasteiger partial charge in [0.1, 0.15) is 0 Å². The minimum atomic E-state index is -3.46. The van der Waals surface area contributed by atoms with E-state index in [1.165, 1.54) is 5.56 Å². The van der Waals surface area contributed by atoms with E-state index in [1.54, 1.807) is 24.3 Å². The van der Waals surface area contributed by atoms with Gasteiger partial charge in [0, 0.05) is 17.6 Å². The monoisotopic (exact) mass is 366 g/mol. The van der Waals surface area contributed by atoms with E-state index in [-0.39, 0.29) is 11.8 Å². The summed E-state index contributed by atoms with van der Waals surface area (Å²) < 4.78 is 27.5. The molecule has 2 aromatic carbocycles. The summed E-state index contributed by atoms with van der Waals surface area (Å²) in [5.41, 5.74) is 2.85. The number of hydrogen-bond donors (Lipinski definition) is 1. The van der Waals surface area contributed by atoms with Crippen molar-refractivity contribution in [3.05, 3.63) is 70.2 Å². The van der Waals surface area contributed by atoms with E-state index in [0.29, 0.717) is 17.1 Å². The number of nitrogens with one attached hydrogen (secondary N) is 1. The van der Waals surface area contributed by atoms with Crippen LogP contribution in [0.15, 0.2) is 48.5 Å². The van der Waals surface area contributed by atoms with Crippen molar-refractivity contribution in [2.45, 2.75) is 18.7 Å².